The van der Waals surface area contributed by atoms with E-state index in [0.717, 1.165) is 28.6 Å². The largest absolute Gasteiger partial charge is 0.398 e. The van der Waals surface area contributed by atoms with Crippen molar-refractivity contribution in [3.63, 3.8) is 0 Å². The lowest BCUT2D eigenvalue weighted by molar-refractivity contribution is -0.118. The lowest BCUT2D eigenvalue weighted by Gasteiger charge is -2.24. The number of para-hydroxylation sites is 1. The summed E-state index contributed by atoms with van der Waals surface area (Å²) in [6.07, 6.45) is 2.43. The zero-order chi connectivity index (χ0) is 14.8. The first kappa shape index (κ1) is 14.1. The number of nitrogen functional groups attached to an aromatic ring is 1. The van der Waals surface area contributed by atoms with Crippen LogP contribution in [0.1, 0.15) is 24.0 Å². The summed E-state index contributed by atoms with van der Waals surface area (Å²) in [7, 11) is 0. The van der Waals surface area contributed by atoms with E-state index in [9.17, 15) is 4.79 Å². The van der Waals surface area contributed by atoms with Gasteiger partial charge in [0.2, 0.25) is 5.91 Å². The molecule has 1 amide bonds. The monoisotopic (exact) mass is 344 g/mol. The molecule has 1 aliphatic rings. The number of hydrogen-bond acceptors (Lipinski definition) is 2. The van der Waals surface area contributed by atoms with E-state index in [2.05, 4.69) is 22.0 Å². The summed E-state index contributed by atoms with van der Waals surface area (Å²) >= 11 is 3.54. The van der Waals surface area contributed by atoms with Gasteiger partial charge in [0.25, 0.3) is 0 Å². The van der Waals surface area contributed by atoms with Gasteiger partial charge < -0.3 is 10.6 Å². The molecule has 0 saturated heterocycles. The maximum Gasteiger partial charge on any atom is 0.227 e. The van der Waals surface area contributed by atoms with Gasteiger partial charge >= 0.3 is 0 Å². The Morgan fingerprint density at radius 2 is 1.90 bits per heavy atom. The summed E-state index contributed by atoms with van der Waals surface area (Å²) in [6.45, 7) is 0.503. The summed E-state index contributed by atoms with van der Waals surface area (Å²) < 4.78 is 0.942. The summed E-state index contributed by atoms with van der Waals surface area (Å²) in [5, 5.41) is 0. The Labute approximate surface area is 132 Å². The number of aryl methyl sites for hydroxylation is 1. The smallest absolute Gasteiger partial charge is 0.227 e. The normalized spacial score (nSPS) is 14.7. The van der Waals surface area contributed by atoms with Gasteiger partial charge in [-0.25, -0.2) is 0 Å². The number of amides is 1. The predicted molar refractivity (Wildman–Crippen MR) is 89.1 cm³/mol. The molecule has 1 heterocycles. The molecule has 0 aromatic heterocycles. The van der Waals surface area contributed by atoms with Gasteiger partial charge in [0.1, 0.15) is 0 Å². The minimum absolute atomic E-state index is 0.162. The van der Waals surface area contributed by atoms with Crippen LogP contribution in [0.4, 0.5) is 11.4 Å². The molecular formula is C17H17BrN2O. The van der Waals surface area contributed by atoms with E-state index in [1.165, 1.54) is 5.56 Å². The Bertz CT molecular complexity index is 664. The van der Waals surface area contributed by atoms with Gasteiger partial charge in [-0.05, 0) is 36.6 Å². The van der Waals surface area contributed by atoms with E-state index >= 15 is 0 Å². The number of anilines is 2. The molecule has 3 rings (SSSR count). The fourth-order valence-corrected chi connectivity index (χ4v) is 3.27. The zero-order valence-corrected chi connectivity index (χ0v) is 13.3. The van der Waals surface area contributed by atoms with Crippen molar-refractivity contribution in [2.45, 2.75) is 25.8 Å². The average Bonchev–Trinajstić information content (AvgIpc) is 2.62. The molecule has 0 atom stereocenters. The second-order valence-corrected chi connectivity index (χ2v) is 6.12. The lowest BCUT2D eigenvalue weighted by atomic mass is 10.1. The van der Waals surface area contributed by atoms with E-state index in [1.54, 1.807) is 0 Å². The number of hydrogen-bond donors (Lipinski definition) is 1. The van der Waals surface area contributed by atoms with Crippen molar-refractivity contribution < 1.29 is 4.79 Å². The number of rotatable bonds is 2. The SMILES string of the molecule is Nc1cccc(Br)c1CN1C(=O)CCCc2ccccc21. The average molecular weight is 345 g/mol. The van der Waals surface area contributed by atoms with Crippen LogP contribution >= 0.6 is 15.9 Å². The number of nitrogens with two attached hydrogens (primary N) is 1. The molecule has 4 heteroatoms. The van der Waals surface area contributed by atoms with Crippen molar-refractivity contribution in [1.82, 2.24) is 0 Å². The van der Waals surface area contributed by atoms with Crippen molar-refractivity contribution in [3.05, 3.63) is 58.1 Å². The van der Waals surface area contributed by atoms with Crippen molar-refractivity contribution in [3.8, 4) is 0 Å². The van der Waals surface area contributed by atoms with Gasteiger partial charge in [0.15, 0.2) is 0 Å². The van der Waals surface area contributed by atoms with Crippen molar-refractivity contribution in [2.75, 3.05) is 10.6 Å². The van der Waals surface area contributed by atoms with Crippen LogP contribution in [0.15, 0.2) is 46.9 Å². The predicted octanol–water partition coefficient (Wildman–Crippen LogP) is 3.90. The lowest BCUT2D eigenvalue weighted by Crippen LogP contribution is -2.30. The third-order valence-electron chi connectivity index (χ3n) is 3.89. The molecule has 0 unspecified atom stereocenters. The fourth-order valence-electron chi connectivity index (χ4n) is 2.76. The fraction of sp³-hybridized carbons (Fsp3) is 0.235. The molecule has 21 heavy (non-hydrogen) atoms. The van der Waals surface area contributed by atoms with Crippen LogP contribution in [0.3, 0.4) is 0 Å². The number of halogens is 1. The molecule has 1 aliphatic heterocycles. The van der Waals surface area contributed by atoms with Crippen LogP contribution in [0.25, 0.3) is 0 Å². The Balaban J connectivity index is 2.02. The van der Waals surface area contributed by atoms with Crippen LogP contribution in [0.5, 0.6) is 0 Å². The summed E-state index contributed by atoms with van der Waals surface area (Å²) in [5.41, 5.74) is 9.98. The topological polar surface area (TPSA) is 46.3 Å². The van der Waals surface area contributed by atoms with Gasteiger partial charge in [0, 0.05) is 27.8 Å². The molecule has 0 aliphatic carbocycles. The van der Waals surface area contributed by atoms with E-state index in [1.807, 2.05) is 41.3 Å². The standard InChI is InChI=1S/C17H17BrN2O/c18-14-7-4-8-15(19)13(14)11-20-16-9-2-1-5-12(16)6-3-10-17(20)21/h1-2,4-5,7-9H,3,6,10-11,19H2. The Morgan fingerprint density at radius 3 is 2.71 bits per heavy atom. The quantitative estimate of drug-likeness (QED) is 0.839. The van der Waals surface area contributed by atoms with Gasteiger partial charge in [-0.15, -0.1) is 0 Å². The molecule has 3 nitrogen and oxygen atoms in total. The summed E-state index contributed by atoms with van der Waals surface area (Å²) in [5.74, 6) is 0.162. The van der Waals surface area contributed by atoms with Crippen LogP contribution in [0.2, 0.25) is 0 Å². The molecule has 0 fully saturated rings. The number of benzene rings is 2. The van der Waals surface area contributed by atoms with Crippen LogP contribution in [-0.2, 0) is 17.8 Å². The number of carbonyl (C=O) groups excluding carboxylic acids is 1. The number of carbonyl (C=O) groups is 1. The third-order valence-corrected chi connectivity index (χ3v) is 4.63. The Kier molecular flexibility index (Phi) is 3.97. The van der Waals surface area contributed by atoms with Gasteiger partial charge in [-0.1, -0.05) is 40.2 Å². The van der Waals surface area contributed by atoms with Crippen molar-refractivity contribution in [2.24, 2.45) is 0 Å². The maximum absolute atomic E-state index is 12.5. The van der Waals surface area contributed by atoms with Crippen molar-refractivity contribution in [1.29, 1.82) is 0 Å². The highest BCUT2D eigenvalue weighted by atomic mass is 79.9. The van der Waals surface area contributed by atoms with Crippen LogP contribution in [-0.4, -0.2) is 5.91 Å². The van der Waals surface area contributed by atoms with E-state index in [0.29, 0.717) is 18.7 Å². The molecule has 0 bridgehead atoms. The summed E-state index contributed by atoms with van der Waals surface area (Å²) in [4.78, 5) is 14.3. The summed E-state index contributed by atoms with van der Waals surface area (Å²) in [6, 6.07) is 13.9. The second-order valence-electron chi connectivity index (χ2n) is 5.27. The van der Waals surface area contributed by atoms with Gasteiger partial charge in [0.05, 0.1) is 6.54 Å². The zero-order valence-electron chi connectivity index (χ0n) is 11.7. The molecule has 2 aromatic rings. The van der Waals surface area contributed by atoms with Crippen LogP contribution in [0, 0.1) is 0 Å². The van der Waals surface area contributed by atoms with E-state index < -0.39 is 0 Å². The first-order valence-electron chi connectivity index (χ1n) is 7.08. The minimum Gasteiger partial charge on any atom is -0.398 e. The molecule has 0 saturated carbocycles. The van der Waals surface area contributed by atoms with E-state index in [4.69, 9.17) is 5.73 Å². The first-order chi connectivity index (χ1) is 10.2. The number of fused-ring (bicyclic) bond motifs is 1. The third kappa shape index (κ3) is 2.81. The molecule has 2 aromatic carbocycles. The Hall–Kier alpha value is -1.81. The number of nitrogens with zero attached hydrogens (tertiary/aromatic N) is 1. The van der Waals surface area contributed by atoms with Gasteiger partial charge in [-0.2, -0.15) is 0 Å². The molecule has 0 radical (unpaired) electrons. The second kappa shape index (κ2) is 5.90. The highest BCUT2D eigenvalue weighted by molar-refractivity contribution is 9.10. The molecule has 108 valence electrons. The molecule has 2 N–H and O–H groups in total. The maximum atomic E-state index is 12.5. The van der Waals surface area contributed by atoms with Crippen LogP contribution < -0.4 is 10.6 Å². The highest BCUT2D eigenvalue weighted by Crippen LogP contribution is 2.31. The van der Waals surface area contributed by atoms with E-state index in [-0.39, 0.29) is 5.91 Å². The first-order valence-corrected chi connectivity index (χ1v) is 7.87. The molecule has 0 spiro atoms. The van der Waals surface area contributed by atoms with Gasteiger partial charge in [-0.3, -0.25) is 4.79 Å². The highest BCUT2D eigenvalue weighted by Gasteiger charge is 2.23. The molecular weight excluding hydrogens is 328 g/mol. The van der Waals surface area contributed by atoms with Crippen molar-refractivity contribution >= 4 is 33.2 Å². The Morgan fingerprint density at radius 1 is 1.10 bits per heavy atom. The minimum atomic E-state index is 0.162.